The smallest absolute Gasteiger partial charge is 0.242 e. The van der Waals surface area contributed by atoms with Crippen LogP contribution in [0.25, 0.3) is 28.1 Å². The van der Waals surface area contributed by atoms with Crippen LogP contribution in [0.3, 0.4) is 0 Å². The minimum absolute atomic E-state index is 0.256. The number of nitrogens with zero attached hydrogens (tertiary/aromatic N) is 4. The second-order valence-electron chi connectivity index (χ2n) is 6.65. The summed E-state index contributed by atoms with van der Waals surface area (Å²) in [5, 5.41) is 10.7. The number of aromatic nitrogens is 3. The molecule has 3 aromatic heterocycles. The van der Waals surface area contributed by atoms with Gasteiger partial charge in [0.15, 0.2) is 0 Å². The van der Waals surface area contributed by atoms with E-state index in [2.05, 4.69) is 16.0 Å². The zero-order chi connectivity index (χ0) is 22.2. The Morgan fingerprint density at radius 1 is 1.23 bits per heavy atom. The first-order valence-electron chi connectivity index (χ1n) is 8.99. The molecule has 1 aliphatic carbocycles. The van der Waals surface area contributed by atoms with Crippen LogP contribution in [0.5, 0.6) is 0 Å². The van der Waals surface area contributed by atoms with Crippen molar-refractivity contribution in [1.82, 2.24) is 19.3 Å². The maximum atomic E-state index is 12.7. The number of allylic oxidation sites excluding steroid dienone is 4. The zero-order valence-corrected chi connectivity index (χ0v) is 17.3. The average Bonchev–Trinajstić information content (AvgIpc) is 3.04. The second kappa shape index (κ2) is 8.19. The van der Waals surface area contributed by atoms with Crippen molar-refractivity contribution >= 4 is 38.4 Å². The Morgan fingerprint density at radius 3 is 2.52 bits per heavy atom. The fourth-order valence-corrected chi connectivity index (χ4v) is 4.45. The Bertz CT molecular complexity index is 1370. The molecule has 4 rings (SSSR count). The molecule has 0 amide bonds. The number of nitriles is 1. The van der Waals surface area contributed by atoms with E-state index in [4.69, 9.17) is 11.6 Å². The number of halogens is 3. The Morgan fingerprint density at radius 2 is 1.97 bits per heavy atom. The highest BCUT2D eigenvalue weighted by atomic mass is 35.5. The van der Waals surface area contributed by atoms with Crippen LogP contribution >= 0.6 is 11.6 Å². The van der Waals surface area contributed by atoms with Crippen LogP contribution in [0.2, 0.25) is 5.02 Å². The molecule has 0 fully saturated rings. The van der Waals surface area contributed by atoms with Gasteiger partial charge < -0.3 is 0 Å². The van der Waals surface area contributed by atoms with Gasteiger partial charge in [0, 0.05) is 23.5 Å². The quantitative estimate of drug-likeness (QED) is 0.579. The van der Waals surface area contributed by atoms with Crippen molar-refractivity contribution in [3.05, 3.63) is 59.4 Å². The predicted molar refractivity (Wildman–Crippen MR) is 112 cm³/mol. The lowest BCUT2D eigenvalue weighted by Crippen LogP contribution is -2.37. The summed E-state index contributed by atoms with van der Waals surface area (Å²) in [6.07, 6.45) is 8.02. The normalized spacial score (nSPS) is 13.3. The van der Waals surface area contributed by atoms with Gasteiger partial charge in [-0.25, -0.2) is 26.9 Å². The Hall–Kier alpha value is -3.13. The second-order valence-corrected chi connectivity index (χ2v) is 8.80. The van der Waals surface area contributed by atoms with Crippen molar-refractivity contribution in [3.8, 4) is 17.5 Å². The molecule has 1 aliphatic rings. The molecule has 7 nitrogen and oxygen atoms in total. The van der Waals surface area contributed by atoms with E-state index in [1.54, 1.807) is 10.6 Å². The monoisotopic (exact) mass is 461 g/mol. The molecule has 0 saturated heterocycles. The minimum atomic E-state index is -4.17. The van der Waals surface area contributed by atoms with Crippen LogP contribution in [0, 0.1) is 11.3 Å². The van der Waals surface area contributed by atoms with Gasteiger partial charge in [0.25, 0.3) is 0 Å². The first-order valence-corrected chi connectivity index (χ1v) is 10.8. The largest absolute Gasteiger partial charge is 0.291 e. The van der Waals surface area contributed by atoms with Crippen molar-refractivity contribution < 1.29 is 17.2 Å². The molecule has 1 N–H and O–H groups in total. The lowest BCUT2D eigenvalue weighted by molar-refractivity contribution is 0.334. The molecule has 31 heavy (non-hydrogen) atoms. The Balaban J connectivity index is 1.84. The SMILES string of the molecule is N#Cc1c(-c2ccc(S(=O)(=O)NC(CF)CF)cn2)n(C2=CC=C2)c2ncc(Cl)cc12. The van der Waals surface area contributed by atoms with Crippen LogP contribution in [-0.2, 0) is 10.0 Å². The molecule has 3 heterocycles. The standard InChI is InChI=1S/C20H14ClF2N5O2S/c21-12-6-16-17(9-24)19(28(14-2-1-3-14)20(16)26-10-12)18-5-4-15(11-25-18)31(29,30)27-13(7-22)8-23/h1-6,10-11,13,27H,7-8H2. The summed E-state index contributed by atoms with van der Waals surface area (Å²) in [7, 11) is -4.17. The van der Waals surface area contributed by atoms with Crippen LogP contribution in [0.4, 0.5) is 8.78 Å². The number of alkyl halides is 2. The van der Waals surface area contributed by atoms with Gasteiger partial charge in [0.05, 0.1) is 28.0 Å². The first kappa shape index (κ1) is 21.1. The van der Waals surface area contributed by atoms with Crippen LogP contribution in [0.1, 0.15) is 5.56 Å². The summed E-state index contributed by atoms with van der Waals surface area (Å²) in [6, 6.07) is 4.99. The number of sulfonamides is 1. The van der Waals surface area contributed by atoms with E-state index < -0.39 is 29.4 Å². The summed E-state index contributed by atoms with van der Waals surface area (Å²) < 4.78 is 53.8. The molecule has 0 spiro atoms. The molecule has 0 aromatic carbocycles. The van der Waals surface area contributed by atoms with Gasteiger partial charge in [-0.05, 0) is 30.4 Å². The van der Waals surface area contributed by atoms with Gasteiger partial charge in [-0.3, -0.25) is 9.55 Å². The van der Waals surface area contributed by atoms with Gasteiger partial charge in [0.2, 0.25) is 10.0 Å². The number of nitrogens with one attached hydrogen (secondary N) is 1. The lowest BCUT2D eigenvalue weighted by Gasteiger charge is -2.15. The lowest BCUT2D eigenvalue weighted by atomic mass is 10.1. The van der Waals surface area contributed by atoms with E-state index in [0.29, 0.717) is 27.4 Å². The Labute approximate surface area is 181 Å². The summed E-state index contributed by atoms with van der Waals surface area (Å²) >= 11 is 6.07. The van der Waals surface area contributed by atoms with Crippen LogP contribution < -0.4 is 4.72 Å². The highest BCUT2D eigenvalue weighted by Crippen LogP contribution is 2.36. The molecule has 0 atom stereocenters. The predicted octanol–water partition coefficient (Wildman–Crippen LogP) is 3.62. The highest BCUT2D eigenvalue weighted by molar-refractivity contribution is 7.89. The number of rotatable bonds is 7. The molecule has 0 aliphatic heterocycles. The minimum Gasteiger partial charge on any atom is -0.291 e. The van der Waals surface area contributed by atoms with Crippen molar-refractivity contribution in [1.29, 1.82) is 5.26 Å². The third kappa shape index (κ3) is 3.72. The number of hydrogen-bond acceptors (Lipinski definition) is 5. The van der Waals surface area contributed by atoms with E-state index in [-0.39, 0.29) is 10.5 Å². The van der Waals surface area contributed by atoms with Crippen molar-refractivity contribution in [2.75, 3.05) is 13.3 Å². The maximum Gasteiger partial charge on any atom is 0.242 e. The van der Waals surface area contributed by atoms with Crippen molar-refractivity contribution in [2.24, 2.45) is 0 Å². The van der Waals surface area contributed by atoms with Crippen molar-refractivity contribution in [3.63, 3.8) is 0 Å². The molecule has 0 saturated carbocycles. The summed E-state index contributed by atoms with van der Waals surface area (Å²) in [5.41, 5.74) is 2.29. The Kier molecular flexibility index (Phi) is 5.58. The van der Waals surface area contributed by atoms with Gasteiger partial charge in [-0.15, -0.1) is 0 Å². The summed E-state index contributed by atoms with van der Waals surface area (Å²) in [6.45, 7) is -2.35. The van der Waals surface area contributed by atoms with Crippen molar-refractivity contribution in [2.45, 2.75) is 10.9 Å². The molecular formula is C20H14ClF2N5O2S. The van der Waals surface area contributed by atoms with Crippen LogP contribution in [-0.4, -0.2) is 42.3 Å². The van der Waals surface area contributed by atoms with Crippen LogP contribution in [0.15, 0.2) is 53.7 Å². The maximum absolute atomic E-state index is 12.7. The third-order valence-corrected chi connectivity index (χ3v) is 6.37. The van der Waals surface area contributed by atoms with Gasteiger partial charge in [0.1, 0.15) is 30.0 Å². The molecule has 11 heteroatoms. The fourth-order valence-electron chi connectivity index (χ4n) is 3.15. The number of pyridine rings is 2. The van der Waals surface area contributed by atoms with E-state index in [0.717, 1.165) is 11.9 Å². The topological polar surface area (TPSA) is 101 Å². The third-order valence-electron chi connectivity index (χ3n) is 4.66. The molecular weight excluding hydrogens is 448 g/mol. The molecule has 3 aromatic rings. The average molecular weight is 462 g/mol. The van der Waals surface area contributed by atoms with E-state index in [1.807, 2.05) is 23.0 Å². The first-order chi connectivity index (χ1) is 14.9. The van der Waals surface area contributed by atoms with E-state index >= 15 is 0 Å². The van der Waals surface area contributed by atoms with Gasteiger partial charge in [-0.1, -0.05) is 17.7 Å². The molecule has 0 bridgehead atoms. The molecule has 0 radical (unpaired) electrons. The number of fused-ring (bicyclic) bond motifs is 1. The molecule has 158 valence electrons. The summed E-state index contributed by atoms with van der Waals surface area (Å²) in [4.78, 5) is 8.30. The van der Waals surface area contributed by atoms with Gasteiger partial charge >= 0.3 is 0 Å². The zero-order valence-electron chi connectivity index (χ0n) is 15.8. The fraction of sp³-hybridized carbons (Fsp3) is 0.150. The van der Waals surface area contributed by atoms with E-state index in [1.165, 1.54) is 18.3 Å². The highest BCUT2D eigenvalue weighted by Gasteiger charge is 2.25. The van der Waals surface area contributed by atoms with Gasteiger partial charge in [-0.2, -0.15) is 5.26 Å². The number of hydrogen-bond donors (Lipinski definition) is 1. The molecule has 0 unspecified atom stereocenters. The van der Waals surface area contributed by atoms with E-state index in [9.17, 15) is 22.5 Å². The summed E-state index contributed by atoms with van der Waals surface area (Å²) in [5.74, 6) is 0.